The summed E-state index contributed by atoms with van der Waals surface area (Å²) in [6.07, 6.45) is 0. The zero-order chi connectivity index (χ0) is 8.10. The van der Waals surface area contributed by atoms with Crippen molar-refractivity contribution in [1.82, 2.24) is 0 Å². The van der Waals surface area contributed by atoms with Gasteiger partial charge < -0.3 is 10.4 Å². The van der Waals surface area contributed by atoms with Crippen LogP contribution in [0, 0.1) is 0 Å². The Morgan fingerprint density at radius 1 is 1.36 bits per heavy atom. The van der Waals surface area contributed by atoms with Crippen LogP contribution in [0.15, 0.2) is 30.3 Å². The van der Waals surface area contributed by atoms with Crippen LogP contribution < -0.4 is 0 Å². The van der Waals surface area contributed by atoms with E-state index in [2.05, 4.69) is 5.32 Å². The minimum absolute atomic E-state index is 0.0591. The maximum absolute atomic E-state index is 8.89. The summed E-state index contributed by atoms with van der Waals surface area (Å²) < 4.78 is 0. The average Bonchev–Trinajstić information content (AvgIpc) is 2.09. The standard InChI is InChI=1S/C9H12NO/c1-10-9(7-11)8-5-3-2-4-6-8/h2-6,9,11H,7H2,1H3/q-1/t9-/m0/s1. The van der Waals surface area contributed by atoms with E-state index in [-0.39, 0.29) is 12.6 Å². The van der Waals surface area contributed by atoms with Crippen LogP contribution in [0.3, 0.4) is 0 Å². The molecule has 0 saturated carbocycles. The largest absolute Gasteiger partial charge is 0.657 e. The van der Waals surface area contributed by atoms with Crippen molar-refractivity contribution >= 4 is 0 Å². The Hall–Kier alpha value is -0.860. The second kappa shape index (κ2) is 4.11. The Morgan fingerprint density at radius 3 is 2.45 bits per heavy atom. The first-order valence-electron chi connectivity index (χ1n) is 3.63. The van der Waals surface area contributed by atoms with Crippen LogP contribution in [0.1, 0.15) is 11.6 Å². The molecule has 0 heterocycles. The van der Waals surface area contributed by atoms with Gasteiger partial charge in [0.25, 0.3) is 0 Å². The van der Waals surface area contributed by atoms with E-state index in [4.69, 9.17) is 5.11 Å². The quantitative estimate of drug-likeness (QED) is 0.699. The van der Waals surface area contributed by atoms with Crippen LogP contribution in [-0.2, 0) is 0 Å². The molecule has 0 aliphatic heterocycles. The highest BCUT2D eigenvalue weighted by Gasteiger charge is 1.95. The lowest BCUT2D eigenvalue weighted by molar-refractivity contribution is 0.279. The molecule has 2 nitrogen and oxygen atoms in total. The van der Waals surface area contributed by atoms with Gasteiger partial charge in [0.1, 0.15) is 0 Å². The SMILES string of the molecule is C[N-][C@@H](CO)c1ccccc1. The molecule has 60 valence electrons. The second-order valence-corrected chi connectivity index (χ2v) is 2.37. The van der Waals surface area contributed by atoms with E-state index < -0.39 is 0 Å². The molecule has 1 rings (SSSR count). The molecular weight excluding hydrogens is 138 g/mol. The van der Waals surface area contributed by atoms with Gasteiger partial charge in [0.2, 0.25) is 0 Å². The highest BCUT2D eigenvalue weighted by atomic mass is 16.3. The van der Waals surface area contributed by atoms with Gasteiger partial charge >= 0.3 is 0 Å². The molecule has 0 radical (unpaired) electrons. The summed E-state index contributed by atoms with van der Waals surface area (Å²) in [5, 5.41) is 12.9. The normalized spacial score (nSPS) is 12.9. The number of hydrogen-bond donors (Lipinski definition) is 1. The summed E-state index contributed by atoms with van der Waals surface area (Å²) in [6, 6.07) is 9.72. The molecule has 0 bridgehead atoms. The predicted octanol–water partition coefficient (Wildman–Crippen LogP) is 1.72. The Labute approximate surface area is 66.9 Å². The van der Waals surface area contributed by atoms with Crippen molar-refractivity contribution in [3.63, 3.8) is 0 Å². The predicted molar refractivity (Wildman–Crippen MR) is 45.6 cm³/mol. The summed E-state index contributed by atoms with van der Waals surface area (Å²) in [7, 11) is 1.72. The third-order valence-electron chi connectivity index (χ3n) is 1.67. The molecule has 0 saturated heterocycles. The molecule has 0 aliphatic carbocycles. The van der Waals surface area contributed by atoms with Crippen LogP contribution >= 0.6 is 0 Å². The Balaban J connectivity index is 2.74. The summed E-state index contributed by atoms with van der Waals surface area (Å²) in [5.41, 5.74) is 1.07. The van der Waals surface area contributed by atoms with E-state index in [1.165, 1.54) is 0 Å². The molecule has 0 unspecified atom stereocenters. The van der Waals surface area contributed by atoms with Gasteiger partial charge in [-0.25, -0.2) is 0 Å². The van der Waals surface area contributed by atoms with Gasteiger partial charge in [0.15, 0.2) is 0 Å². The van der Waals surface area contributed by atoms with Gasteiger partial charge in [-0.1, -0.05) is 41.9 Å². The van der Waals surface area contributed by atoms with E-state index in [0.29, 0.717) is 0 Å². The average molecular weight is 150 g/mol. The summed E-state index contributed by atoms with van der Waals surface area (Å²) >= 11 is 0. The lowest BCUT2D eigenvalue weighted by Crippen LogP contribution is -2.00. The van der Waals surface area contributed by atoms with Crippen molar-refractivity contribution in [2.45, 2.75) is 6.04 Å². The number of aliphatic hydroxyl groups is 1. The number of nitrogens with zero attached hydrogens (tertiary/aromatic N) is 1. The molecule has 1 aromatic carbocycles. The van der Waals surface area contributed by atoms with Gasteiger partial charge in [-0.2, -0.15) is 7.05 Å². The van der Waals surface area contributed by atoms with E-state index in [1.54, 1.807) is 7.05 Å². The molecule has 0 fully saturated rings. The fourth-order valence-corrected chi connectivity index (χ4v) is 1.01. The molecule has 0 aliphatic rings. The van der Waals surface area contributed by atoms with Crippen LogP contribution in [-0.4, -0.2) is 18.8 Å². The lowest BCUT2D eigenvalue weighted by Gasteiger charge is -2.25. The molecular formula is C9H12NO-. The number of benzene rings is 1. The van der Waals surface area contributed by atoms with Crippen molar-refractivity contribution in [3.05, 3.63) is 41.2 Å². The highest BCUT2D eigenvalue weighted by molar-refractivity contribution is 5.22. The van der Waals surface area contributed by atoms with Crippen molar-refractivity contribution in [1.29, 1.82) is 0 Å². The molecule has 1 atom stereocenters. The second-order valence-electron chi connectivity index (χ2n) is 2.37. The first-order valence-corrected chi connectivity index (χ1v) is 3.63. The molecule has 1 aromatic rings. The first-order chi connectivity index (χ1) is 5.38. The highest BCUT2D eigenvalue weighted by Crippen LogP contribution is 2.18. The van der Waals surface area contributed by atoms with Crippen LogP contribution in [0.2, 0.25) is 0 Å². The fourth-order valence-electron chi connectivity index (χ4n) is 1.01. The number of aliphatic hydroxyl groups excluding tert-OH is 1. The van der Waals surface area contributed by atoms with Crippen molar-refractivity contribution in [2.24, 2.45) is 0 Å². The molecule has 0 aromatic heterocycles. The number of rotatable bonds is 3. The zero-order valence-corrected chi connectivity index (χ0v) is 6.57. The lowest BCUT2D eigenvalue weighted by atomic mass is 10.1. The van der Waals surface area contributed by atoms with Gasteiger partial charge in [-0.05, 0) is 0 Å². The third-order valence-corrected chi connectivity index (χ3v) is 1.67. The minimum atomic E-state index is -0.0591. The monoisotopic (exact) mass is 150 g/mol. The molecule has 11 heavy (non-hydrogen) atoms. The van der Waals surface area contributed by atoms with E-state index >= 15 is 0 Å². The van der Waals surface area contributed by atoms with Crippen LogP contribution in [0.25, 0.3) is 5.32 Å². The fraction of sp³-hybridized carbons (Fsp3) is 0.333. The summed E-state index contributed by atoms with van der Waals surface area (Å²) in [5.74, 6) is 0. The van der Waals surface area contributed by atoms with Gasteiger partial charge in [-0.15, -0.1) is 0 Å². The van der Waals surface area contributed by atoms with Crippen molar-refractivity contribution < 1.29 is 5.11 Å². The number of likely N-dealkylation sites (N-methyl/N-ethyl adjacent to an activating group) is 1. The third kappa shape index (κ3) is 2.03. The van der Waals surface area contributed by atoms with Crippen LogP contribution in [0.5, 0.6) is 0 Å². The van der Waals surface area contributed by atoms with E-state index in [9.17, 15) is 0 Å². The van der Waals surface area contributed by atoms with Crippen molar-refractivity contribution in [2.75, 3.05) is 13.7 Å². The van der Waals surface area contributed by atoms with Gasteiger partial charge in [-0.3, -0.25) is 0 Å². The Morgan fingerprint density at radius 2 is 2.00 bits per heavy atom. The van der Waals surface area contributed by atoms with Crippen molar-refractivity contribution in [3.8, 4) is 0 Å². The van der Waals surface area contributed by atoms with E-state index in [0.717, 1.165) is 5.56 Å². The summed E-state index contributed by atoms with van der Waals surface area (Å²) in [4.78, 5) is 0. The Bertz CT molecular complexity index is 194. The Kier molecular flexibility index (Phi) is 3.08. The molecule has 1 N–H and O–H groups in total. The molecule has 2 heteroatoms. The summed E-state index contributed by atoms with van der Waals surface area (Å²) in [6.45, 7) is 0.0838. The molecule has 0 amide bonds. The maximum Gasteiger partial charge on any atom is 0.0310 e. The van der Waals surface area contributed by atoms with Gasteiger partial charge in [0, 0.05) is 6.61 Å². The zero-order valence-electron chi connectivity index (χ0n) is 6.57. The minimum Gasteiger partial charge on any atom is -0.657 e. The molecule has 0 spiro atoms. The maximum atomic E-state index is 8.89. The number of hydrogen-bond acceptors (Lipinski definition) is 1. The van der Waals surface area contributed by atoms with E-state index in [1.807, 2.05) is 30.3 Å². The van der Waals surface area contributed by atoms with Gasteiger partial charge in [0.05, 0.1) is 0 Å². The topological polar surface area (TPSA) is 34.3 Å². The first kappa shape index (κ1) is 8.24. The smallest absolute Gasteiger partial charge is 0.0310 e. The van der Waals surface area contributed by atoms with Crippen LogP contribution in [0.4, 0.5) is 0 Å².